The van der Waals surface area contributed by atoms with Crippen molar-refractivity contribution in [2.45, 2.75) is 25.7 Å². The molecule has 1 aliphatic heterocycles. The van der Waals surface area contributed by atoms with Crippen molar-refractivity contribution >= 4 is 23.7 Å². The van der Waals surface area contributed by atoms with Crippen molar-refractivity contribution < 1.29 is 9.59 Å². The number of fused-ring (bicyclic) bond motifs is 1. The number of amides is 2. The highest BCUT2D eigenvalue weighted by molar-refractivity contribution is 6.21. The van der Waals surface area contributed by atoms with Gasteiger partial charge in [0.1, 0.15) is 6.33 Å². The zero-order valence-electron chi connectivity index (χ0n) is 9.74. The average molecular weight is 247 g/mol. The maximum absolute atomic E-state index is 12.2. The van der Waals surface area contributed by atoms with E-state index in [1.807, 2.05) is 0 Å². The molecule has 1 aromatic rings. The second-order valence-electron chi connectivity index (χ2n) is 4.65. The first-order valence-corrected chi connectivity index (χ1v) is 6.01. The summed E-state index contributed by atoms with van der Waals surface area (Å²) >= 11 is 0. The van der Waals surface area contributed by atoms with Crippen molar-refractivity contribution in [3.63, 3.8) is 0 Å². The largest absolute Gasteiger partial charge is 0.368 e. The Morgan fingerprint density at radius 1 is 1.11 bits per heavy atom. The summed E-state index contributed by atoms with van der Waals surface area (Å²) in [6.07, 6.45) is 4.74. The molecule has 7 heteroatoms. The summed E-state index contributed by atoms with van der Waals surface area (Å²) in [6.45, 7) is 0. The Labute approximate surface area is 103 Å². The van der Waals surface area contributed by atoms with Gasteiger partial charge in [-0.25, -0.2) is 14.9 Å². The molecule has 2 fully saturated rings. The van der Waals surface area contributed by atoms with E-state index in [4.69, 9.17) is 5.73 Å². The Kier molecular flexibility index (Phi) is 2.46. The molecule has 1 saturated carbocycles. The molecule has 1 saturated heterocycles. The number of carbonyl (C=O) groups excluding carboxylic acids is 2. The van der Waals surface area contributed by atoms with Crippen LogP contribution in [0.4, 0.5) is 11.9 Å². The van der Waals surface area contributed by atoms with Gasteiger partial charge in [-0.3, -0.25) is 9.59 Å². The van der Waals surface area contributed by atoms with Gasteiger partial charge in [-0.05, 0) is 12.8 Å². The van der Waals surface area contributed by atoms with Crippen LogP contribution < -0.4 is 10.6 Å². The predicted octanol–water partition coefficient (Wildman–Crippen LogP) is 0.133. The molecule has 2 N–H and O–H groups in total. The van der Waals surface area contributed by atoms with Crippen molar-refractivity contribution in [1.82, 2.24) is 15.0 Å². The molecule has 3 rings (SSSR count). The standard InChI is InChI=1S/C11H13N5O2/c12-10-13-5-14-11(15-10)16-8(17)6-3-1-2-4-7(6)9(16)18/h5-7H,1-4H2,(H2,12,13,14,15). The highest BCUT2D eigenvalue weighted by atomic mass is 16.2. The Bertz CT molecular complexity index is 494. The zero-order chi connectivity index (χ0) is 12.7. The van der Waals surface area contributed by atoms with Gasteiger partial charge in [0.05, 0.1) is 11.8 Å². The first-order chi connectivity index (χ1) is 8.68. The van der Waals surface area contributed by atoms with Crippen LogP contribution in [0.5, 0.6) is 0 Å². The van der Waals surface area contributed by atoms with Crippen LogP contribution in [0.25, 0.3) is 0 Å². The number of nitrogens with two attached hydrogens (primary N) is 1. The van der Waals surface area contributed by atoms with Crippen molar-refractivity contribution in [2.24, 2.45) is 11.8 Å². The summed E-state index contributed by atoms with van der Waals surface area (Å²) in [6, 6.07) is 0. The Hall–Kier alpha value is -2.05. The van der Waals surface area contributed by atoms with E-state index in [0.29, 0.717) is 0 Å². The second-order valence-corrected chi connectivity index (χ2v) is 4.65. The number of anilines is 2. The third-order valence-corrected chi connectivity index (χ3v) is 3.62. The van der Waals surface area contributed by atoms with E-state index in [-0.39, 0.29) is 35.5 Å². The predicted molar refractivity (Wildman–Crippen MR) is 62.2 cm³/mol. The zero-order valence-corrected chi connectivity index (χ0v) is 9.74. The van der Waals surface area contributed by atoms with Gasteiger partial charge < -0.3 is 5.73 Å². The number of imide groups is 1. The maximum atomic E-state index is 12.2. The third-order valence-electron chi connectivity index (χ3n) is 3.62. The lowest BCUT2D eigenvalue weighted by Gasteiger charge is -2.19. The SMILES string of the molecule is Nc1ncnc(N2C(=O)C3CCCCC3C2=O)n1. The number of nitrogen functional groups attached to an aromatic ring is 1. The molecule has 2 heterocycles. The summed E-state index contributed by atoms with van der Waals surface area (Å²) in [5, 5.41) is 0. The monoisotopic (exact) mass is 247 g/mol. The Balaban J connectivity index is 1.97. The number of rotatable bonds is 1. The molecule has 1 aliphatic carbocycles. The molecule has 94 valence electrons. The normalized spacial score (nSPS) is 27.4. The van der Waals surface area contributed by atoms with E-state index in [2.05, 4.69) is 15.0 Å². The Morgan fingerprint density at radius 3 is 2.28 bits per heavy atom. The summed E-state index contributed by atoms with van der Waals surface area (Å²) in [5.74, 6) is -0.749. The van der Waals surface area contributed by atoms with Gasteiger partial charge >= 0.3 is 0 Å². The van der Waals surface area contributed by atoms with Gasteiger partial charge in [0, 0.05) is 0 Å². The summed E-state index contributed by atoms with van der Waals surface area (Å²) < 4.78 is 0. The van der Waals surface area contributed by atoms with Crippen LogP contribution in [-0.2, 0) is 9.59 Å². The lowest BCUT2D eigenvalue weighted by molar-refractivity contribution is -0.122. The number of nitrogens with zero attached hydrogens (tertiary/aromatic N) is 4. The van der Waals surface area contributed by atoms with E-state index in [1.54, 1.807) is 0 Å². The molecule has 18 heavy (non-hydrogen) atoms. The smallest absolute Gasteiger partial charge is 0.243 e. The molecule has 2 aliphatic rings. The topological polar surface area (TPSA) is 102 Å². The molecule has 0 bridgehead atoms. The summed E-state index contributed by atoms with van der Waals surface area (Å²) in [4.78, 5) is 36.9. The molecular formula is C11H13N5O2. The summed E-state index contributed by atoms with van der Waals surface area (Å²) in [7, 11) is 0. The molecular weight excluding hydrogens is 234 g/mol. The van der Waals surface area contributed by atoms with Gasteiger partial charge in [0.25, 0.3) is 0 Å². The molecule has 2 atom stereocenters. The third kappa shape index (κ3) is 1.54. The molecule has 7 nitrogen and oxygen atoms in total. The van der Waals surface area contributed by atoms with E-state index >= 15 is 0 Å². The minimum atomic E-state index is -0.204. The van der Waals surface area contributed by atoms with Crippen LogP contribution in [0, 0.1) is 11.8 Å². The van der Waals surface area contributed by atoms with Gasteiger partial charge in [0.15, 0.2) is 0 Å². The average Bonchev–Trinajstić information content (AvgIpc) is 2.63. The fourth-order valence-electron chi connectivity index (χ4n) is 2.77. The molecule has 0 radical (unpaired) electrons. The van der Waals surface area contributed by atoms with Crippen molar-refractivity contribution in [2.75, 3.05) is 10.6 Å². The van der Waals surface area contributed by atoms with E-state index in [9.17, 15) is 9.59 Å². The van der Waals surface area contributed by atoms with Crippen LogP contribution in [-0.4, -0.2) is 26.8 Å². The fourth-order valence-corrected chi connectivity index (χ4v) is 2.77. The van der Waals surface area contributed by atoms with Crippen molar-refractivity contribution in [1.29, 1.82) is 0 Å². The minimum Gasteiger partial charge on any atom is -0.368 e. The van der Waals surface area contributed by atoms with E-state index < -0.39 is 0 Å². The summed E-state index contributed by atoms with van der Waals surface area (Å²) in [5.41, 5.74) is 5.45. The highest BCUT2D eigenvalue weighted by Crippen LogP contribution is 2.39. The van der Waals surface area contributed by atoms with Crippen LogP contribution in [0.1, 0.15) is 25.7 Å². The number of carbonyl (C=O) groups is 2. The Morgan fingerprint density at radius 2 is 1.72 bits per heavy atom. The lowest BCUT2D eigenvalue weighted by atomic mass is 9.81. The first-order valence-electron chi connectivity index (χ1n) is 6.01. The number of hydrogen-bond donors (Lipinski definition) is 1. The number of aromatic nitrogens is 3. The van der Waals surface area contributed by atoms with Crippen LogP contribution in [0.15, 0.2) is 6.33 Å². The highest BCUT2D eigenvalue weighted by Gasteiger charge is 2.49. The van der Waals surface area contributed by atoms with Crippen LogP contribution in [0.3, 0.4) is 0 Å². The van der Waals surface area contributed by atoms with Crippen molar-refractivity contribution in [3.05, 3.63) is 6.33 Å². The number of hydrogen-bond acceptors (Lipinski definition) is 6. The van der Waals surface area contributed by atoms with E-state index in [0.717, 1.165) is 30.6 Å². The fraction of sp³-hybridized carbons (Fsp3) is 0.545. The van der Waals surface area contributed by atoms with Crippen LogP contribution >= 0.6 is 0 Å². The first kappa shape index (κ1) is 11.1. The van der Waals surface area contributed by atoms with Gasteiger partial charge in [0.2, 0.25) is 23.7 Å². The van der Waals surface area contributed by atoms with E-state index in [1.165, 1.54) is 6.33 Å². The molecule has 2 amide bonds. The lowest BCUT2D eigenvalue weighted by Crippen LogP contribution is -2.32. The molecule has 1 aromatic heterocycles. The van der Waals surface area contributed by atoms with Crippen LogP contribution in [0.2, 0.25) is 0 Å². The maximum Gasteiger partial charge on any atom is 0.243 e. The quantitative estimate of drug-likeness (QED) is 0.708. The molecule has 0 spiro atoms. The molecule has 0 aromatic carbocycles. The second kappa shape index (κ2) is 4.01. The van der Waals surface area contributed by atoms with Gasteiger partial charge in [-0.1, -0.05) is 12.8 Å². The minimum absolute atomic E-state index is 0.00970. The van der Waals surface area contributed by atoms with Gasteiger partial charge in [-0.15, -0.1) is 0 Å². The molecule has 2 unspecified atom stereocenters. The van der Waals surface area contributed by atoms with Gasteiger partial charge in [-0.2, -0.15) is 4.98 Å². The van der Waals surface area contributed by atoms with Crippen molar-refractivity contribution in [3.8, 4) is 0 Å².